The van der Waals surface area contributed by atoms with Crippen molar-refractivity contribution in [2.24, 2.45) is 7.05 Å². The quantitative estimate of drug-likeness (QED) is 0.423. The lowest BCUT2D eigenvalue weighted by Gasteiger charge is -2.35. The Labute approximate surface area is 226 Å². The molecule has 1 unspecified atom stereocenters. The van der Waals surface area contributed by atoms with Crippen LogP contribution in [0.1, 0.15) is 42.3 Å². The molecule has 0 spiro atoms. The summed E-state index contributed by atoms with van der Waals surface area (Å²) in [6.07, 6.45) is -0.956. The first-order valence-corrected chi connectivity index (χ1v) is 12.8. The normalized spacial score (nSPS) is 17.7. The van der Waals surface area contributed by atoms with E-state index in [9.17, 15) is 27.2 Å². The summed E-state index contributed by atoms with van der Waals surface area (Å²) >= 11 is 6.50. The van der Waals surface area contributed by atoms with E-state index in [1.54, 1.807) is 7.05 Å². The molecule has 39 heavy (non-hydrogen) atoms. The van der Waals surface area contributed by atoms with Gasteiger partial charge in [-0.25, -0.2) is 4.39 Å². The first kappa shape index (κ1) is 27.2. The van der Waals surface area contributed by atoms with Gasteiger partial charge in [0.25, 0.3) is 11.1 Å². The Morgan fingerprint density at radius 1 is 1.15 bits per heavy atom. The molecule has 0 radical (unpaired) electrons. The highest BCUT2D eigenvalue weighted by atomic mass is 35.5. The number of alkyl halides is 3. The predicted octanol–water partition coefficient (Wildman–Crippen LogP) is 4.78. The molecule has 2 aliphatic heterocycles. The zero-order valence-electron chi connectivity index (χ0n) is 21.3. The van der Waals surface area contributed by atoms with Crippen LogP contribution in [0, 0.1) is 5.82 Å². The van der Waals surface area contributed by atoms with Crippen molar-refractivity contribution in [2.75, 3.05) is 30.0 Å². The number of hydrogen-bond donors (Lipinski definition) is 0. The Kier molecular flexibility index (Phi) is 7.19. The van der Waals surface area contributed by atoms with Crippen molar-refractivity contribution >= 4 is 28.7 Å². The SMILES string of the molecule is CN(c1ccc(F)cc1C(F)(F)F)c1cc(=O)n(C)c2c1CCN(c1cnn(C3CCCCO3)c(=O)c1Cl)C2. The van der Waals surface area contributed by atoms with Gasteiger partial charge >= 0.3 is 6.18 Å². The second kappa shape index (κ2) is 10.3. The average molecular weight is 568 g/mol. The molecule has 5 rings (SSSR count). The third-order valence-electron chi connectivity index (χ3n) is 7.31. The zero-order valence-corrected chi connectivity index (χ0v) is 22.0. The molecule has 0 saturated carbocycles. The van der Waals surface area contributed by atoms with Crippen LogP contribution in [0.2, 0.25) is 5.02 Å². The fraction of sp³-hybridized carbons (Fsp3) is 0.423. The maximum atomic E-state index is 13.7. The molecule has 0 amide bonds. The van der Waals surface area contributed by atoms with Gasteiger partial charge in [-0.05, 0) is 49.4 Å². The number of pyridine rings is 1. The number of aromatic nitrogens is 3. The van der Waals surface area contributed by atoms with E-state index < -0.39 is 34.9 Å². The summed E-state index contributed by atoms with van der Waals surface area (Å²) < 4.78 is 63.2. The number of ether oxygens (including phenoxy) is 1. The van der Waals surface area contributed by atoms with Gasteiger partial charge in [0, 0.05) is 39.0 Å². The summed E-state index contributed by atoms with van der Waals surface area (Å²) in [5, 5.41) is 4.27. The third kappa shape index (κ3) is 5.03. The van der Waals surface area contributed by atoms with Crippen LogP contribution in [-0.2, 0) is 30.9 Å². The molecule has 2 aromatic heterocycles. The molecule has 2 aliphatic rings. The highest BCUT2D eigenvalue weighted by molar-refractivity contribution is 6.33. The van der Waals surface area contributed by atoms with Crippen molar-refractivity contribution in [3.63, 3.8) is 0 Å². The molecular weight excluding hydrogens is 542 g/mol. The lowest BCUT2D eigenvalue weighted by atomic mass is 10.00. The number of hydrogen-bond acceptors (Lipinski definition) is 6. The van der Waals surface area contributed by atoms with Crippen LogP contribution >= 0.6 is 11.6 Å². The van der Waals surface area contributed by atoms with E-state index in [2.05, 4.69) is 5.10 Å². The number of fused-ring (bicyclic) bond motifs is 1. The molecule has 0 aliphatic carbocycles. The van der Waals surface area contributed by atoms with Gasteiger partial charge in [0.05, 0.1) is 35.4 Å². The maximum Gasteiger partial charge on any atom is 0.418 e. The topological polar surface area (TPSA) is 72.6 Å². The van der Waals surface area contributed by atoms with E-state index in [4.69, 9.17) is 16.3 Å². The van der Waals surface area contributed by atoms with Crippen molar-refractivity contribution in [1.29, 1.82) is 0 Å². The fourth-order valence-corrected chi connectivity index (χ4v) is 5.46. The van der Waals surface area contributed by atoms with Gasteiger partial charge in [0.1, 0.15) is 10.8 Å². The number of anilines is 3. The number of rotatable bonds is 4. The summed E-state index contributed by atoms with van der Waals surface area (Å²) in [6, 6.07) is 3.72. The molecule has 3 aromatic rings. The summed E-state index contributed by atoms with van der Waals surface area (Å²) in [5.74, 6) is -1.01. The highest BCUT2D eigenvalue weighted by Gasteiger charge is 2.36. The van der Waals surface area contributed by atoms with Crippen LogP contribution in [0.3, 0.4) is 0 Å². The van der Waals surface area contributed by atoms with Crippen LogP contribution in [0.25, 0.3) is 0 Å². The summed E-state index contributed by atoms with van der Waals surface area (Å²) in [7, 11) is 2.99. The van der Waals surface area contributed by atoms with Gasteiger partial charge in [0.2, 0.25) is 0 Å². The molecule has 8 nitrogen and oxygen atoms in total. The maximum absolute atomic E-state index is 13.7. The van der Waals surface area contributed by atoms with E-state index in [1.807, 2.05) is 4.90 Å². The highest BCUT2D eigenvalue weighted by Crippen LogP contribution is 2.41. The average Bonchev–Trinajstić information content (AvgIpc) is 2.91. The zero-order chi connectivity index (χ0) is 28.1. The predicted molar refractivity (Wildman–Crippen MR) is 138 cm³/mol. The Bertz CT molecular complexity index is 1530. The van der Waals surface area contributed by atoms with Crippen LogP contribution in [0.5, 0.6) is 0 Å². The molecular formula is C26H26ClF4N5O3. The molecule has 0 bridgehead atoms. The van der Waals surface area contributed by atoms with Crippen LogP contribution < -0.4 is 20.9 Å². The first-order chi connectivity index (χ1) is 18.5. The minimum atomic E-state index is -4.80. The summed E-state index contributed by atoms with van der Waals surface area (Å²) in [5.41, 5.74) is -0.418. The monoisotopic (exact) mass is 567 g/mol. The van der Waals surface area contributed by atoms with Gasteiger partial charge in [0.15, 0.2) is 6.23 Å². The third-order valence-corrected chi connectivity index (χ3v) is 7.66. The van der Waals surface area contributed by atoms with E-state index in [0.29, 0.717) is 54.7 Å². The minimum absolute atomic E-state index is 0.0259. The van der Waals surface area contributed by atoms with Crippen molar-refractivity contribution in [1.82, 2.24) is 14.3 Å². The van der Waals surface area contributed by atoms with Crippen LogP contribution in [-0.4, -0.2) is 34.5 Å². The molecule has 1 aromatic carbocycles. The Morgan fingerprint density at radius 3 is 2.62 bits per heavy atom. The lowest BCUT2D eigenvalue weighted by molar-refractivity contribution is -0.137. The second-order valence-corrected chi connectivity index (χ2v) is 10.0. The number of nitrogens with zero attached hydrogens (tertiary/aromatic N) is 5. The van der Waals surface area contributed by atoms with Crippen LogP contribution in [0.4, 0.5) is 34.6 Å². The largest absolute Gasteiger partial charge is 0.418 e. The Morgan fingerprint density at radius 2 is 1.92 bits per heavy atom. The van der Waals surface area contributed by atoms with Gasteiger partial charge in [-0.3, -0.25) is 9.59 Å². The number of halogens is 5. The van der Waals surface area contributed by atoms with Gasteiger partial charge < -0.3 is 19.1 Å². The Balaban J connectivity index is 1.52. The summed E-state index contributed by atoms with van der Waals surface area (Å²) in [6.45, 7) is 1.07. The summed E-state index contributed by atoms with van der Waals surface area (Å²) in [4.78, 5) is 29.0. The number of benzene rings is 1. The molecule has 1 fully saturated rings. The molecule has 0 N–H and O–H groups in total. The first-order valence-electron chi connectivity index (χ1n) is 12.4. The molecule has 208 valence electrons. The van der Waals surface area contributed by atoms with Crippen molar-refractivity contribution in [3.8, 4) is 0 Å². The second-order valence-electron chi connectivity index (χ2n) is 9.66. The molecule has 4 heterocycles. The van der Waals surface area contributed by atoms with Crippen molar-refractivity contribution in [3.05, 3.63) is 78.8 Å². The van der Waals surface area contributed by atoms with E-state index in [-0.39, 0.29) is 17.3 Å². The lowest BCUT2D eigenvalue weighted by Crippen LogP contribution is -2.38. The fourth-order valence-electron chi connectivity index (χ4n) is 5.21. The standard InChI is InChI=1S/C26H26ClF4N5O3/c1-33(18-7-6-15(28)11-17(18)26(29,30)31)19-12-22(37)34(2)21-14-35(9-8-16(19)21)20-13-32-36(25(38)24(20)27)23-5-3-4-10-39-23/h6-7,11-13,23H,3-5,8-10,14H2,1-2H3. The smallest absolute Gasteiger partial charge is 0.363 e. The van der Waals surface area contributed by atoms with Crippen LogP contribution in [0.15, 0.2) is 40.1 Å². The van der Waals surface area contributed by atoms with Gasteiger partial charge in [-0.15, -0.1) is 0 Å². The molecule has 13 heteroatoms. The van der Waals surface area contributed by atoms with Crippen molar-refractivity contribution < 1.29 is 22.3 Å². The molecule has 1 saturated heterocycles. The van der Waals surface area contributed by atoms with Gasteiger partial charge in [-0.2, -0.15) is 23.0 Å². The van der Waals surface area contributed by atoms with E-state index in [0.717, 1.165) is 25.0 Å². The molecule has 1 atom stereocenters. The minimum Gasteiger partial charge on any atom is -0.363 e. The Hall–Kier alpha value is -3.38. The van der Waals surface area contributed by atoms with E-state index in [1.165, 1.54) is 33.5 Å². The van der Waals surface area contributed by atoms with E-state index >= 15 is 0 Å². The van der Waals surface area contributed by atoms with Crippen molar-refractivity contribution in [2.45, 2.75) is 44.6 Å². The van der Waals surface area contributed by atoms with Gasteiger partial charge in [-0.1, -0.05) is 11.6 Å².